The Labute approximate surface area is 141 Å². The van der Waals surface area contributed by atoms with Crippen LogP contribution < -0.4 is 10.1 Å². The van der Waals surface area contributed by atoms with E-state index in [2.05, 4.69) is 17.2 Å². The van der Waals surface area contributed by atoms with Crippen molar-refractivity contribution in [1.82, 2.24) is 10.3 Å². The van der Waals surface area contributed by atoms with E-state index in [-0.39, 0.29) is 5.91 Å². The van der Waals surface area contributed by atoms with Crippen LogP contribution in [0.2, 0.25) is 0 Å². The molecule has 0 atom stereocenters. The highest BCUT2D eigenvalue weighted by Crippen LogP contribution is 2.24. The molecule has 23 heavy (non-hydrogen) atoms. The van der Waals surface area contributed by atoms with Crippen molar-refractivity contribution in [3.63, 3.8) is 0 Å². The Morgan fingerprint density at radius 2 is 2.04 bits per heavy atom. The number of nitrogens with zero attached hydrogens (tertiary/aromatic N) is 1. The molecule has 1 aromatic carbocycles. The molecule has 4 nitrogen and oxygen atoms in total. The average molecular weight is 332 g/mol. The minimum Gasteiger partial charge on any atom is -0.497 e. The number of hydrogen-bond donors (Lipinski definition) is 1. The van der Waals surface area contributed by atoms with Gasteiger partial charge in [0.2, 0.25) is 5.91 Å². The van der Waals surface area contributed by atoms with Gasteiger partial charge in [-0.2, -0.15) is 0 Å². The maximum Gasteiger partial charge on any atom is 0.220 e. The van der Waals surface area contributed by atoms with Gasteiger partial charge in [0, 0.05) is 30.3 Å². The fourth-order valence-corrected chi connectivity index (χ4v) is 3.04. The summed E-state index contributed by atoms with van der Waals surface area (Å²) in [5.41, 5.74) is 2.02. The molecule has 2 rings (SSSR count). The summed E-state index contributed by atoms with van der Waals surface area (Å²) in [6, 6.07) is 7.85. The van der Waals surface area contributed by atoms with Crippen LogP contribution in [0.1, 0.15) is 37.6 Å². The smallest absolute Gasteiger partial charge is 0.220 e. The van der Waals surface area contributed by atoms with Crippen LogP contribution in [-0.4, -0.2) is 24.5 Å². The van der Waals surface area contributed by atoms with Crippen LogP contribution in [0.15, 0.2) is 29.6 Å². The van der Waals surface area contributed by atoms with E-state index in [0.717, 1.165) is 41.4 Å². The van der Waals surface area contributed by atoms with Gasteiger partial charge < -0.3 is 10.1 Å². The number of carbonyl (C=O) groups is 1. The second-order valence-electron chi connectivity index (χ2n) is 5.41. The van der Waals surface area contributed by atoms with E-state index in [4.69, 9.17) is 4.74 Å². The number of benzene rings is 1. The van der Waals surface area contributed by atoms with Gasteiger partial charge >= 0.3 is 0 Å². The highest BCUT2D eigenvalue weighted by Gasteiger charge is 2.07. The fourth-order valence-electron chi connectivity index (χ4n) is 2.23. The summed E-state index contributed by atoms with van der Waals surface area (Å²) in [5.74, 6) is 0.950. The van der Waals surface area contributed by atoms with E-state index in [0.29, 0.717) is 12.8 Å². The molecule has 0 saturated carbocycles. The van der Waals surface area contributed by atoms with Crippen LogP contribution in [0.4, 0.5) is 0 Å². The van der Waals surface area contributed by atoms with Gasteiger partial charge in [0.1, 0.15) is 5.75 Å². The molecule has 0 saturated heterocycles. The Balaban J connectivity index is 1.81. The Bertz CT molecular complexity index is 608. The first-order chi connectivity index (χ1) is 11.2. The van der Waals surface area contributed by atoms with E-state index >= 15 is 0 Å². The van der Waals surface area contributed by atoms with Crippen molar-refractivity contribution in [2.45, 2.75) is 39.0 Å². The fraction of sp³-hybridized carbons (Fsp3) is 0.444. The summed E-state index contributed by atoms with van der Waals surface area (Å²) in [4.78, 5) is 16.4. The average Bonchev–Trinajstić information content (AvgIpc) is 3.06. The number of methoxy groups -OCH3 is 1. The number of aromatic nitrogens is 1. The normalized spacial score (nSPS) is 10.5. The third kappa shape index (κ3) is 5.67. The second kappa shape index (κ2) is 9.30. The predicted molar refractivity (Wildman–Crippen MR) is 95.0 cm³/mol. The summed E-state index contributed by atoms with van der Waals surface area (Å²) in [5, 5.41) is 6.00. The first kappa shape index (κ1) is 17.5. The van der Waals surface area contributed by atoms with Gasteiger partial charge in [-0.25, -0.2) is 4.98 Å². The topological polar surface area (TPSA) is 51.2 Å². The molecule has 124 valence electrons. The van der Waals surface area contributed by atoms with Crippen molar-refractivity contribution in [1.29, 1.82) is 0 Å². The number of aryl methyl sites for hydroxylation is 1. The minimum absolute atomic E-state index is 0.113. The second-order valence-corrected chi connectivity index (χ2v) is 6.35. The zero-order valence-corrected chi connectivity index (χ0v) is 14.6. The van der Waals surface area contributed by atoms with Gasteiger partial charge in [0.05, 0.1) is 17.8 Å². The van der Waals surface area contributed by atoms with Crippen LogP contribution in [0.5, 0.6) is 5.75 Å². The molecule has 0 aliphatic rings. The lowest BCUT2D eigenvalue weighted by Crippen LogP contribution is -2.24. The van der Waals surface area contributed by atoms with Crippen molar-refractivity contribution in [3.8, 4) is 17.0 Å². The van der Waals surface area contributed by atoms with E-state index in [1.807, 2.05) is 29.6 Å². The molecule has 0 aliphatic heterocycles. The van der Waals surface area contributed by atoms with Crippen molar-refractivity contribution in [2.24, 2.45) is 0 Å². The monoisotopic (exact) mass is 332 g/mol. The summed E-state index contributed by atoms with van der Waals surface area (Å²) in [7, 11) is 1.66. The van der Waals surface area contributed by atoms with Crippen LogP contribution in [0.25, 0.3) is 11.3 Å². The number of unbranched alkanes of at least 4 members (excludes halogenated alkanes) is 2. The highest BCUT2D eigenvalue weighted by molar-refractivity contribution is 7.09. The zero-order valence-electron chi connectivity index (χ0n) is 13.8. The highest BCUT2D eigenvalue weighted by atomic mass is 32.1. The lowest BCUT2D eigenvalue weighted by molar-refractivity contribution is -0.121. The SMILES string of the molecule is CCCCCNC(=O)CCc1nc(-c2ccc(OC)cc2)cs1. The van der Waals surface area contributed by atoms with Crippen molar-refractivity contribution >= 4 is 17.2 Å². The van der Waals surface area contributed by atoms with Gasteiger partial charge in [-0.15, -0.1) is 11.3 Å². The third-order valence-electron chi connectivity index (χ3n) is 3.61. The number of hydrogen-bond acceptors (Lipinski definition) is 4. The van der Waals surface area contributed by atoms with Gasteiger partial charge in [0.25, 0.3) is 0 Å². The molecule has 5 heteroatoms. The Morgan fingerprint density at radius 1 is 1.26 bits per heavy atom. The molecule has 0 fully saturated rings. The first-order valence-corrected chi connectivity index (χ1v) is 8.96. The summed E-state index contributed by atoms with van der Waals surface area (Å²) >= 11 is 1.61. The number of amides is 1. The van der Waals surface area contributed by atoms with Crippen LogP contribution in [-0.2, 0) is 11.2 Å². The molecule has 1 heterocycles. The molecular formula is C18H24N2O2S. The first-order valence-electron chi connectivity index (χ1n) is 8.08. The third-order valence-corrected chi connectivity index (χ3v) is 4.51. The van der Waals surface area contributed by atoms with E-state index in [1.54, 1.807) is 18.4 Å². The van der Waals surface area contributed by atoms with Crippen LogP contribution in [0.3, 0.4) is 0 Å². The molecule has 0 aliphatic carbocycles. The van der Waals surface area contributed by atoms with E-state index < -0.39 is 0 Å². The number of rotatable bonds is 9. The Kier molecular flexibility index (Phi) is 7.07. The lowest BCUT2D eigenvalue weighted by atomic mass is 10.2. The molecule has 0 spiro atoms. The summed E-state index contributed by atoms with van der Waals surface area (Å²) < 4.78 is 5.16. The van der Waals surface area contributed by atoms with E-state index in [1.165, 1.54) is 6.42 Å². The summed E-state index contributed by atoms with van der Waals surface area (Å²) in [6.45, 7) is 2.94. The molecular weight excluding hydrogens is 308 g/mol. The van der Waals surface area contributed by atoms with Gasteiger partial charge in [-0.05, 0) is 30.7 Å². The Hall–Kier alpha value is -1.88. The zero-order chi connectivity index (χ0) is 16.5. The Morgan fingerprint density at radius 3 is 2.74 bits per heavy atom. The molecule has 1 amide bonds. The van der Waals surface area contributed by atoms with Crippen LogP contribution in [0, 0.1) is 0 Å². The number of thiazole rings is 1. The molecule has 1 aromatic heterocycles. The molecule has 0 bridgehead atoms. The van der Waals surface area contributed by atoms with E-state index in [9.17, 15) is 4.79 Å². The standard InChI is InChI=1S/C18H24N2O2S/c1-3-4-5-12-19-17(21)10-11-18-20-16(13-23-18)14-6-8-15(22-2)9-7-14/h6-9,13H,3-5,10-12H2,1-2H3,(H,19,21). The maximum atomic E-state index is 11.8. The quantitative estimate of drug-likeness (QED) is 0.705. The molecule has 1 N–H and O–H groups in total. The van der Waals surface area contributed by atoms with Crippen LogP contribution >= 0.6 is 11.3 Å². The molecule has 2 aromatic rings. The van der Waals surface area contributed by atoms with Crippen molar-refractivity contribution in [2.75, 3.05) is 13.7 Å². The van der Waals surface area contributed by atoms with Gasteiger partial charge in [-0.3, -0.25) is 4.79 Å². The minimum atomic E-state index is 0.113. The molecule has 0 unspecified atom stereocenters. The van der Waals surface area contributed by atoms with Crippen molar-refractivity contribution < 1.29 is 9.53 Å². The summed E-state index contributed by atoms with van der Waals surface area (Å²) in [6.07, 6.45) is 4.59. The lowest BCUT2D eigenvalue weighted by Gasteiger charge is -2.03. The maximum absolute atomic E-state index is 11.8. The number of carbonyl (C=O) groups excluding carboxylic acids is 1. The number of ether oxygens (including phenoxy) is 1. The predicted octanol–water partition coefficient (Wildman–Crippen LogP) is 4.06. The van der Waals surface area contributed by atoms with Gasteiger partial charge in [0.15, 0.2) is 0 Å². The van der Waals surface area contributed by atoms with Gasteiger partial charge in [-0.1, -0.05) is 19.8 Å². The van der Waals surface area contributed by atoms with Crippen molar-refractivity contribution in [3.05, 3.63) is 34.7 Å². The molecule has 0 radical (unpaired) electrons. The largest absolute Gasteiger partial charge is 0.497 e. The number of nitrogens with one attached hydrogen (secondary N) is 1.